The van der Waals surface area contributed by atoms with Crippen molar-refractivity contribution in [3.63, 3.8) is 0 Å². The molecule has 0 bridgehead atoms. The van der Waals surface area contributed by atoms with Gasteiger partial charge in [0.2, 0.25) is 0 Å². The molecule has 0 saturated carbocycles. The van der Waals surface area contributed by atoms with Gasteiger partial charge in [0.15, 0.2) is 17.5 Å². The molecule has 8 heteroatoms. The number of ether oxygens (including phenoxy) is 2. The van der Waals surface area contributed by atoms with Gasteiger partial charge in [0.25, 0.3) is 0 Å². The number of guanidine groups is 1. The van der Waals surface area contributed by atoms with E-state index >= 15 is 0 Å². The number of hydrogen-bond donors (Lipinski definition) is 1. The largest absolute Gasteiger partial charge is 0.493 e. The molecule has 0 saturated heterocycles. The highest BCUT2D eigenvalue weighted by Crippen LogP contribution is 2.31. The van der Waals surface area contributed by atoms with Crippen molar-refractivity contribution in [1.29, 1.82) is 0 Å². The Bertz CT molecular complexity index is 806. The van der Waals surface area contributed by atoms with Crippen molar-refractivity contribution in [3.8, 4) is 11.5 Å². The van der Waals surface area contributed by atoms with Crippen LogP contribution in [0.2, 0.25) is 0 Å². The Morgan fingerprint density at radius 2 is 1.93 bits per heavy atom. The standard InChI is InChI=1S/C21H33N5O2S/c1-8-22-21(26(5)13-17-14-29-15(2)24-17)23-12-18(25(3)4)16-9-10-19(27-6)20(11-16)28-7/h9-11,14,18H,8,12-13H2,1-7H3,(H,22,23). The molecular formula is C21H33N5O2S. The van der Waals surface area contributed by atoms with E-state index in [1.807, 2.05) is 26.1 Å². The minimum atomic E-state index is 0.110. The van der Waals surface area contributed by atoms with E-state index in [0.717, 1.165) is 46.8 Å². The number of likely N-dealkylation sites (N-methyl/N-ethyl adjacent to an activating group) is 1. The van der Waals surface area contributed by atoms with E-state index in [0.29, 0.717) is 6.54 Å². The lowest BCUT2D eigenvalue weighted by Crippen LogP contribution is -2.39. The van der Waals surface area contributed by atoms with Gasteiger partial charge in [-0.1, -0.05) is 6.07 Å². The van der Waals surface area contributed by atoms with E-state index in [4.69, 9.17) is 14.5 Å². The molecule has 0 radical (unpaired) electrons. The number of benzene rings is 1. The fourth-order valence-electron chi connectivity index (χ4n) is 3.07. The number of aliphatic imine (C=N–C) groups is 1. The van der Waals surface area contributed by atoms with Crippen LogP contribution in [0.3, 0.4) is 0 Å². The van der Waals surface area contributed by atoms with Crippen molar-refractivity contribution < 1.29 is 9.47 Å². The van der Waals surface area contributed by atoms with Crippen molar-refractivity contribution in [2.45, 2.75) is 26.4 Å². The molecule has 0 fully saturated rings. The summed E-state index contributed by atoms with van der Waals surface area (Å²) < 4.78 is 10.8. The van der Waals surface area contributed by atoms with Crippen molar-refractivity contribution in [2.24, 2.45) is 4.99 Å². The minimum Gasteiger partial charge on any atom is -0.493 e. The number of hydrogen-bond acceptors (Lipinski definition) is 6. The van der Waals surface area contributed by atoms with Crippen LogP contribution in [0, 0.1) is 6.92 Å². The third kappa shape index (κ3) is 6.33. The molecule has 2 aromatic rings. The summed E-state index contributed by atoms with van der Waals surface area (Å²) in [6.45, 7) is 6.25. The Morgan fingerprint density at radius 1 is 1.21 bits per heavy atom. The van der Waals surface area contributed by atoms with E-state index < -0.39 is 0 Å². The van der Waals surface area contributed by atoms with Gasteiger partial charge < -0.3 is 24.6 Å². The minimum absolute atomic E-state index is 0.110. The van der Waals surface area contributed by atoms with Crippen LogP contribution in [-0.2, 0) is 6.54 Å². The molecule has 1 aromatic carbocycles. The molecule has 0 aliphatic heterocycles. The summed E-state index contributed by atoms with van der Waals surface area (Å²) in [7, 11) is 9.46. The van der Waals surface area contributed by atoms with Crippen LogP contribution < -0.4 is 14.8 Å². The topological polar surface area (TPSA) is 62.2 Å². The van der Waals surface area contributed by atoms with Gasteiger partial charge in [0.1, 0.15) is 0 Å². The van der Waals surface area contributed by atoms with Crippen LogP contribution in [0.15, 0.2) is 28.6 Å². The van der Waals surface area contributed by atoms with Gasteiger partial charge >= 0.3 is 0 Å². The molecule has 160 valence electrons. The first kappa shape index (κ1) is 23.0. The summed E-state index contributed by atoms with van der Waals surface area (Å²) in [5.41, 5.74) is 2.19. The number of aryl methyl sites for hydroxylation is 1. The van der Waals surface area contributed by atoms with Gasteiger partial charge in [-0.05, 0) is 45.6 Å². The molecule has 2 rings (SSSR count). The van der Waals surface area contributed by atoms with E-state index in [1.165, 1.54) is 0 Å². The number of thiazole rings is 1. The van der Waals surface area contributed by atoms with Gasteiger partial charge in [0.05, 0.1) is 44.1 Å². The van der Waals surface area contributed by atoms with Crippen LogP contribution in [0.5, 0.6) is 11.5 Å². The molecule has 7 nitrogen and oxygen atoms in total. The maximum Gasteiger partial charge on any atom is 0.194 e. The van der Waals surface area contributed by atoms with Gasteiger partial charge in [-0.2, -0.15) is 0 Å². The molecule has 0 amide bonds. The average molecular weight is 420 g/mol. The molecule has 1 N–H and O–H groups in total. The summed E-state index contributed by atoms with van der Waals surface area (Å²) in [4.78, 5) is 13.7. The fourth-order valence-corrected chi connectivity index (χ4v) is 3.67. The number of nitrogens with one attached hydrogen (secondary N) is 1. The highest BCUT2D eigenvalue weighted by atomic mass is 32.1. The zero-order chi connectivity index (χ0) is 21.4. The quantitative estimate of drug-likeness (QED) is 0.498. The maximum absolute atomic E-state index is 5.47. The number of aromatic nitrogens is 1. The van der Waals surface area contributed by atoms with Gasteiger partial charge in [-0.3, -0.25) is 4.99 Å². The molecule has 1 heterocycles. The Labute approximate surface area is 178 Å². The van der Waals surface area contributed by atoms with Crippen LogP contribution in [0.1, 0.15) is 29.2 Å². The Kier molecular flexibility index (Phi) is 8.72. The highest BCUT2D eigenvalue weighted by molar-refractivity contribution is 7.09. The van der Waals surface area contributed by atoms with Crippen molar-refractivity contribution in [3.05, 3.63) is 39.8 Å². The fraction of sp³-hybridized carbons (Fsp3) is 0.524. The summed E-state index contributed by atoms with van der Waals surface area (Å²) in [6, 6.07) is 6.14. The van der Waals surface area contributed by atoms with Crippen LogP contribution in [-0.4, -0.2) is 69.2 Å². The van der Waals surface area contributed by atoms with Crippen molar-refractivity contribution in [1.82, 2.24) is 20.1 Å². The van der Waals surface area contributed by atoms with Crippen molar-refractivity contribution in [2.75, 3.05) is 48.5 Å². The first-order chi connectivity index (χ1) is 13.9. The van der Waals surface area contributed by atoms with E-state index in [1.54, 1.807) is 25.6 Å². The second kappa shape index (κ2) is 11.0. The summed E-state index contributed by atoms with van der Waals surface area (Å²) in [5, 5.41) is 6.56. The monoisotopic (exact) mass is 419 g/mol. The molecule has 1 unspecified atom stereocenters. The summed E-state index contributed by atoms with van der Waals surface area (Å²) in [6.07, 6.45) is 0. The first-order valence-corrected chi connectivity index (χ1v) is 10.6. The second-order valence-electron chi connectivity index (χ2n) is 7.00. The molecule has 1 aromatic heterocycles. The zero-order valence-electron chi connectivity index (χ0n) is 18.5. The first-order valence-electron chi connectivity index (χ1n) is 9.68. The molecule has 29 heavy (non-hydrogen) atoms. The molecule has 0 aliphatic rings. The normalized spacial score (nSPS) is 12.8. The molecular weight excluding hydrogens is 386 g/mol. The van der Waals surface area contributed by atoms with E-state index in [9.17, 15) is 0 Å². The zero-order valence-corrected chi connectivity index (χ0v) is 19.3. The SMILES string of the molecule is CCNC(=NCC(c1ccc(OC)c(OC)c1)N(C)C)N(C)Cc1csc(C)n1. The molecule has 0 aliphatic carbocycles. The lowest BCUT2D eigenvalue weighted by molar-refractivity contribution is 0.302. The Balaban J connectivity index is 2.21. The third-order valence-corrected chi connectivity index (χ3v) is 5.41. The molecule has 1 atom stereocenters. The smallest absolute Gasteiger partial charge is 0.194 e. The number of nitrogens with zero attached hydrogens (tertiary/aromatic N) is 4. The summed E-state index contributed by atoms with van der Waals surface area (Å²) in [5.74, 6) is 2.32. The van der Waals surface area contributed by atoms with Gasteiger partial charge in [0, 0.05) is 19.0 Å². The van der Waals surface area contributed by atoms with Crippen molar-refractivity contribution >= 4 is 17.3 Å². The number of methoxy groups -OCH3 is 2. The maximum atomic E-state index is 5.47. The average Bonchev–Trinajstić information content (AvgIpc) is 3.11. The Hall–Kier alpha value is -2.32. The van der Waals surface area contributed by atoms with Crippen LogP contribution in [0.25, 0.3) is 0 Å². The predicted molar refractivity (Wildman–Crippen MR) is 120 cm³/mol. The predicted octanol–water partition coefficient (Wildman–Crippen LogP) is 3.17. The lowest BCUT2D eigenvalue weighted by Gasteiger charge is -2.26. The Morgan fingerprint density at radius 3 is 2.48 bits per heavy atom. The third-order valence-electron chi connectivity index (χ3n) is 4.59. The lowest BCUT2D eigenvalue weighted by atomic mass is 10.1. The summed E-state index contributed by atoms with van der Waals surface area (Å²) >= 11 is 1.67. The van der Waals surface area contributed by atoms with Crippen LogP contribution in [0.4, 0.5) is 0 Å². The van der Waals surface area contributed by atoms with Gasteiger partial charge in [-0.25, -0.2) is 4.98 Å². The molecule has 0 spiro atoms. The second-order valence-corrected chi connectivity index (χ2v) is 8.06. The van der Waals surface area contributed by atoms with E-state index in [2.05, 4.69) is 52.6 Å². The van der Waals surface area contributed by atoms with E-state index in [-0.39, 0.29) is 6.04 Å². The number of rotatable bonds is 9. The van der Waals surface area contributed by atoms with Gasteiger partial charge in [-0.15, -0.1) is 11.3 Å². The van der Waals surface area contributed by atoms with Crippen LogP contribution >= 0.6 is 11.3 Å². The highest BCUT2D eigenvalue weighted by Gasteiger charge is 2.17.